The fourth-order valence-electron chi connectivity index (χ4n) is 2.13. The van der Waals surface area contributed by atoms with Crippen LogP contribution in [0.3, 0.4) is 0 Å². The lowest BCUT2D eigenvalue weighted by Gasteiger charge is -2.14. The SMILES string of the molecule is CC(NC(=O)COC(=O)CCSc1ccccc1Cl)c1ccccc1. The maximum atomic E-state index is 11.9. The van der Waals surface area contributed by atoms with Crippen LogP contribution in [-0.4, -0.2) is 24.2 Å². The van der Waals surface area contributed by atoms with Crippen molar-refractivity contribution in [3.05, 3.63) is 65.2 Å². The molecule has 2 rings (SSSR count). The van der Waals surface area contributed by atoms with Crippen LogP contribution in [0, 0.1) is 0 Å². The number of rotatable bonds is 8. The fourth-order valence-corrected chi connectivity index (χ4v) is 3.30. The van der Waals surface area contributed by atoms with Gasteiger partial charge in [0, 0.05) is 10.6 Å². The molecule has 0 heterocycles. The highest BCUT2D eigenvalue weighted by Crippen LogP contribution is 2.26. The number of carbonyl (C=O) groups is 2. The van der Waals surface area contributed by atoms with Crippen LogP contribution in [0.2, 0.25) is 5.02 Å². The zero-order valence-corrected chi connectivity index (χ0v) is 15.5. The molecule has 0 radical (unpaired) electrons. The number of esters is 1. The molecule has 0 saturated heterocycles. The van der Waals surface area contributed by atoms with Crippen molar-refractivity contribution in [3.8, 4) is 0 Å². The van der Waals surface area contributed by atoms with Crippen molar-refractivity contribution in [2.75, 3.05) is 12.4 Å². The first-order valence-corrected chi connectivity index (χ1v) is 9.30. The van der Waals surface area contributed by atoms with Crippen LogP contribution >= 0.6 is 23.4 Å². The Kier molecular flexibility index (Phi) is 7.82. The Morgan fingerprint density at radius 2 is 1.80 bits per heavy atom. The Morgan fingerprint density at radius 1 is 1.12 bits per heavy atom. The summed E-state index contributed by atoms with van der Waals surface area (Å²) in [6.45, 7) is 1.61. The monoisotopic (exact) mass is 377 g/mol. The average molecular weight is 378 g/mol. The molecule has 0 aromatic heterocycles. The number of halogens is 1. The molecule has 0 saturated carbocycles. The first-order valence-electron chi connectivity index (χ1n) is 7.93. The molecule has 4 nitrogen and oxygen atoms in total. The zero-order valence-electron chi connectivity index (χ0n) is 13.9. The minimum Gasteiger partial charge on any atom is -0.456 e. The quantitative estimate of drug-likeness (QED) is 0.552. The molecule has 1 atom stereocenters. The van der Waals surface area contributed by atoms with Gasteiger partial charge < -0.3 is 10.1 Å². The number of nitrogens with one attached hydrogen (secondary N) is 1. The molecule has 0 aliphatic heterocycles. The summed E-state index contributed by atoms with van der Waals surface area (Å²) in [6, 6.07) is 16.9. The van der Waals surface area contributed by atoms with Crippen LogP contribution in [0.25, 0.3) is 0 Å². The number of thioether (sulfide) groups is 1. The number of hydrogen-bond acceptors (Lipinski definition) is 4. The van der Waals surface area contributed by atoms with Crippen molar-refractivity contribution in [1.82, 2.24) is 5.32 Å². The van der Waals surface area contributed by atoms with Crippen molar-refractivity contribution in [3.63, 3.8) is 0 Å². The standard InChI is InChI=1S/C19H20ClNO3S/c1-14(15-7-3-2-4-8-15)21-18(22)13-24-19(23)11-12-25-17-10-6-5-9-16(17)20/h2-10,14H,11-13H2,1H3,(H,21,22). The van der Waals surface area contributed by atoms with Gasteiger partial charge in [0.25, 0.3) is 5.91 Å². The topological polar surface area (TPSA) is 55.4 Å². The van der Waals surface area contributed by atoms with Gasteiger partial charge in [-0.25, -0.2) is 0 Å². The summed E-state index contributed by atoms with van der Waals surface area (Å²) in [6.07, 6.45) is 0.220. The molecule has 0 fully saturated rings. The molecule has 0 bridgehead atoms. The van der Waals surface area contributed by atoms with Crippen molar-refractivity contribution in [1.29, 1.82) is 0 Å². The van der Waals surface area contributed by atoms with Crippen LogP contribution in [0.5, 0.6) is 0 Å². The second-order valence-electron chi connectivity index (χ2n) is 5.39. The van der Waals surface area contributed by atoms with Crippen molar-refractivity contribution < 1.29 is 14.3 Å². The van der Waals surface area contributed by atoms with E-state index in [1.807, 2.05) is 55.5 Å². The second-order valence-corrected chi connectivity index (χ2v) is 6.93. The largest absolute Gasteiger partial charge is 0.456 e. The highest BCUT2D eigenvalue weighted by molar-refractivity contribution is 7.99. The number of ether oxygens (including phenoxy) is 1. The van der Waals surface area contributed by atoms with Crippen LogP contribution < -0.4 is 5.32 Å². The van der Waals surface area contributed by atoms with Gasteiger partial charge >= 0.3 is 5.97 Å². The van der Waals surface area contributed by atoms with Crippen LogP contribution in [0.1, 0.15) is 24.9 Å². The highest BCUT2D eigenvalue weighted by atomic mass is 35.5. The van der Waals surface area contributed by atoms with E-state index >= 15 is 0 Å². The zero-order chi connectivity index (χ0) is 18.1. The summed E-state index contributed by atoms with van der Waals surface area (Å²) in [4.78, 5) is 24.5. The van der Waals surface area contributed by atoms with Gasteiger partial charge in [-0.1, -0.05) is 54.1 Å². The normalized spacial score (nSPS) is 11.6. The van der Waals surface area contributed by atoms with Crippen molar-refractivity contribution in [2.45, 2.75) is 24.3 Å². The van der Waals surface area contributed by atoms with Gasteiger partial charge in [-0.05, 0) is 24.6 Å². The Balaban J connectivity index is 1.66. The molecule has 132 valence electrons. The number of benzene rings is 2. The second kappa shape index (κ2) is 10.1. The molecule has 6 heteroatoms. The van der Waals surface area contributed by atoms with E-state index in [1.165, 1.54) is 11.8 Å². The Hall–Kier alpha value is -1.98. The van der Waals surface area contributed by atoms with Gasteiger partial charge in [-0.15, -0.1) is 11.8 Å². The molecule has 1 N–H and O–H groups in total. The molecule has 0 aliphatic rings. The smallest absolute Gasteiger partial charge is 0.307 e. The average Bonchev–Trinajstić information content (AvgIpc) is 2.62. The van der Waals surface area contributed by atoms with Gasteiger partial charge in [0.1, 0.15) is 0 Å². The van der Waals surface area contributed by atoms with E-state index in [2.05, 4.69) is 5.32 Å². The van der Waals surface area contributed by atoms with Gasteiger partial charge in [-0.2, -0.15) is 0 Å². The molecular weight excluding hydrogens is 358 g/mol. The van der Waals surface area contributed by atoms with E-state index in [4.69, 9.17) is 16.3 Å². The summed E-state index contributed by atoms with van der Waals surface area (Å²) in [7, 11) is 0. The molecule has 0 spiro atoms. The molecule has 0 aliphatic carbocycles. The van der Waals surface area contributed by atoms with Crippen molar-refractivity contribution >= 4 is 35.2 Å². The first kappa shape index (κ1) is 19.3. The number of amides is 1. The number of hydrogen-bond donors (Lipinski definition) is 1. The molecule has 1 unspecified atom stereocenters. The Bertz CT molecular complexity index is 709. The lowest BCUT2D eigenvalue weighted by molar-refractivity contribution is -0.148. The van der Waals surface area contributed by atoms with E-state index in [0.29, 0.717) is 10.8 Å². The van der Waals surface area contributed by atoms with Crippen molar-refractivity contribution in [2.24, 2.45) is 0 Å². The summed E-state index contributed by atoms with van der Waals surface area (Å²) in [5.41, 5.74) is 0.998. The van der Waals surface area contributed by atoms with E-state index in [9.17, 15) is 9.59 Å². The fraction of sp³-hybridized carbons (Fsp3) is 0.263. The lowest BCUT2D eigenvalue weighted by Crippen LogP contribution is -2.31. The first-order chi connectivity index (χ1) is 12.1. The molecule has 1 amide bonds. The van der Waals surface area contributed by atoms with Gasteiger partial charge in [0.15, 0.2) is 6.61 Å². The minimum atomic E-state index is -0.401. The van der Waals surface area contributed by atoms with E-state index in [1.54, 1.807) is 6.07 Å². The van der Waals surface area contributed by atoms with E-state index in [0.717, 1.165) is 10.5 Å². The van der Waals surface area contributed by atoms with E-state index < -0.39 is 5.97 Å². The number of carbonyl (C=O) groups excluding carboxylic acids is 2. The molecule has 25 heavy (non-hydrogen) atoms. The lowest BCUT2D eigenvalue weighted by atomic mass is 10.1. The summed E-state index contributed by atoms with van der Waals surface area (Å²) < 4.78 is 5.01. The Morgan fingerprint density at radius 3 is 2.52 bits per heavy atom. The summed E-state index contributed by atoms with van der Waals surface area (Å²) >= 11 is 7.54. The predicted octanol–water partition coefficient (Wildman–Crippen LogP) is 4.24. The highest BCUT2D eigenvalue weighted by Gasteiger charge is 2.12. The third-order valence-corrected chi connectivity index (χ3v) is 4.96. The third kappa shape index (κ3) is 6.80. The molecular formula is C19H20ClNO3S. The maximum absolute atomic E-state index is 11.9. The summed E-state index contributed by atoms with van der Waals surface area (Å²) in [5.74, 6) is -0.171. The molecule has 2 aromatic carbocycles. The van der Waals surface area contributed by atoms with E-state index in [-0.39, 0.29) is 25.0 Å². The minimum absolute atomic E-state index is 0.136. The molecule has 2 aromatic rings. The third-order valence-electron chi connectivity index (χ3n) is 3.44. The summed E-state index contributed by atoms with van der Waals surface area (Å²) in [5, 5.41) is 3.46. The van der Waals surface area contributed by atoms with Gasteiger partial charge in [-0.3, -0.25) is 9.59 Å². The maximum Gasteiger partial charge on any atom is 0.307 e. The van der Waals surface area contributed by atoms with Crippen LogP contribution in [0.15, 0.2) is 59.5 Å². The van der Waals surface area contributed by atoms with Gasteiger partial charge in [0.2, 0.25) is 0 Å². The van der Waals surface area contributed by atoms with Crippen LogP contribution in [-0.2, 0) is 14.3 Å². The van der Waals surface area contributed by atoms with Gasteiger partial charge in [0.05, 0.1) is 17.5 Å². The Labute approximate surface area is 156 Å². The predicted molar refractivity (Wildman–Crippen MR) is 101 cm³/mol. The van der Waals surface area contributed by atoms with Crippen LogP contribution in [0.4, 0.5) is 0 Å².